The van der Waals surface area contributed by atoms with Crippen LogP contribution in [0.4, 0.5) is 0 Å². The van der Waals surface area contributed by atoms with Crippen molar-refractivity contribution in [1.29, 1.82) is 0 Å². The largest absolute Gasteiger partial charge is 0.388 e. The van der Waals surface area contributed by atoms with Crippen LogP contribution in [0.25, 0.3) is 0 Å². The monoisotopic (exact) mass is 356 g/mol. The molecule has 1 saturated carbocycles. The maximum Gasteiger partial charge on any atom is 0.229 e. The van der Waals surface area contributed by atoms with Crippen molar-refractivity contribution in [3.63, 3.8) is 0 Å². The van der Waals surface area contributed by atoms with Crippen LogP contribution < -0.4 is 0 Å². The van der Waals surface area contributed by atoms with Crippen molar-refractivity contribution in [2.45, 2.75) is 56.5 Å². The molecule has 0 spiro atoms. The normalized spacial score (nSPS) is 23.2. The second kappa shape index (κ2) is 7.15. The maximum absolute atomic E-state index is 12.6. The summed E-state index contributed by atoms with van der Waals surface area (Å²) in [6.07, 6.45) is 8.55. The molecule has 1 atom stereocenters. The molecule has 3 heterocycles. The van der Waals surface area contributed by atoms with Gasteiger partial charge in [0.15, 0.2) is 5.82 Å². The molecule has 0 aromatic carbocycles. The minimum absolute atomic E-state index is 0.0733. The summed E-state index contributed by atoms with van der Waals surface area (Å²) >= 11 is 0. The summed E-state index contributed by atoms with van der Waals surface area (Å²) in [6.45, 7) is 1.01. The fourth-order valence-electron chi connectivity index (χ4n) is 3.56. The van der Waals surface area contributed by atoms with Crippen LogP contribution in [0, 0.1) is 0 Å². The number of aryl methyl sites for hydroxylation is 1. The van der Waals surface area contributed by atoms with E-state index in [1.807, 2.05) is 12.1 Å². The van der Waals surface area contributed by atoms with E-state index in [1.54, 1.807) is 17.3 Å². The summed E-state index contributed by atoms with van der Waals surface area (Å²) in [5.41, 5.74) is 0.108. The molecule has 2 fully saturated rings. The first kappa shape index (κ1) is 17.1. The summed E-state index contributed by atoms with van der Waals surface area (Å²) in [4.78, 5) is 22.7. The Morgan fingerprint density at radius 2 is 2.15 bits per heavy atom. The van der Waals surface area contributed by atoms with Gasteiger partial charge in [0.1, 0.15) is 0 Å². The van der Waals surface area contributed by atoms with Gasteiger partial charge in [0.2, 0.25) is 11.8 Å². The Balaban J connectivity index is 1.33. The predicted octanol–water partition coefficient (Wildman–Crippen LogP) is 1.87. The maximum atomic E-state index is 12.6. The van der Waals surface area contributed by atoms with E-state index < -0.39 is 5.60 Å². The van der Waals surface area contributed by atoms with Crippen LogP contribution in [0.3, 0.4) is 0 Å². The molecule has 1 saturated heterocycles. The van der Waals surface area contributed by atoms with Gasteiger partial charge in [-0.3, -0.25) is 9.78 Å². The number of nitrogens with zero attached hydrogens (tertiary/aromatic N) is 4. The van der Waals surface area contributed by atoms with Crippen molar-refractivity contribution in [2.75, 3.05) is 13.1 Å². The molecule has 0 bridgehead atoms. The van der Waals surface area contributed by atoms with Crippen LogP contribution >= 0.6 is 0 Å². The molecular weight excluding hydrogens is 332 g/mol. The molecular formula is C19H24N4O3. The number of hydrogen-bond donors (Lipinski definition) is 1. The molecule has 1 aliphatic carbocycles. The average molecular weight is 356 g/mol. The van der Waals surface area contributed by atoms with E-state index in [-0.39, 0.29) is 5.91 Å². The van der Waals surface area contributed by atoms with Crippen molar-refractivity contribution < 1.29 is 14.4 Å². The fourth-order valence-corrected chi connectivity index (χ4v) is 3.56. The Kier molecular flexibility index (Phi) is 4.72. The van der Waals surface area contributed by atoms with Gasteiger partial charge >= 0.3 is 0 Å². The van der Waals surface area contributed by atoms with Crippen LogP contribution in [0.5, 0.6) is 0 Å². The van der Waals surface area contributed by atoms with Gasteiger partial charge < -0.3 is 14.5 Å². The van der Waals surface area contributed by atoms with Crippen molar-refractivity contribution in [2.24, 2.45) is 0 Å². The molecule has 2 aliphatic rings. The summed E-state index contributed by atoms with van der Waals surface area (Å²) < 4.78 is 5.30. The number of aliphatic hydroxyl groups is 1. The van der Waals surface area contributed by atoms with Gasteiger partial charge in [0, 0.05) is 37.8 Å². The third kappa shape index (κ3) is 4.09. The van der Waals surface area contributed by atoms with Crippen molar-refractivity contribution in [3.8, 4) is 0 Å². The lowest BCUT2D eigenvalue weighted by molar-refractivity contribution is -0.138. The van der Waals surface area contributed by atoms with E-state index >= 15 is 0 Å². The fraction of sp³-hybridized carbons (Fsp3) is 0.579. The summed E-state index contributed by atoms with van der Waals surface area (Å²) in [7, 11) is 0. The number of piperidine rings is 1. The van der Waals surface area contributed by atoms with Crippen LogP contribution in [-0.2, 0) is 17.6 Å². The van der Waals surface area contributed by atoms with Crippen LogP contribution in [0.1, 0.15) is 55.3 Å². The Morgan fingerprint density at radius 3 is 2.92 bits per heavy atom. The summed E-state index contributed by atoms with van der Waals surface area (Å²) in [5, 5.41) is 15.0. The quantitative estimate of drug-likeness (QED) is 0.849. The lowest BCUT2D eigenvalue weighted by Crippen LogP contribution is -2.51. The third-order valence-corrected chi connectivity index (χ3v) is 5.19. The molecule has 7 heteroatoms. The van der Waals surface area contributed by atoms with Crippen molar-refractivity contribution >= 4 is 5.91 Å². The molecule has 2 aromatic rings. The number of aromatic nitrogens is 3. The number of hydrogen-bond acceptors (Lipinski definition) is 6. The molecule has 7 nitrogen and oxygen atoms in total. The average Bonchev–Trinajstić information content (AvgIpc) is 3.40. The van der Waals surface area contributed by atoms with Gasteiger partial charge in [-0.15, -0.1) is 0 Å². The van der Waals surface area contributed by atoms with E-state index in [1.165, 1.54) is 0 Å². The number of carbonyl (C=O) groups excluding carboxylic acids is 1. The minimum atomic E-state index is -0.988. The first-order valence-electron chi connectivity index (χ1n) is 9.33. The molecule has 1 amide bonds. The van der Waals surface area contributed by atoms with Gasteiger partial charge in [-0.2, -0.15) is 4.98 Å². The van der Waals surface area contributed by atoms with Gasteiger partial charge in [-0.25, -0.2) is 0 Å². The Hall–Kier alpha value is -2.28. The molecule has 1 unspecified atom stereocenters. The third-order valence-electron chi connectivity index (χ3n) is 5.19. The zero-order chi connectivity index (χ0) is 18.0. The topological polar surface area (TPSA) is 92.4 Å². The highest BCUT2D eigenvalue weighted by atomic mass is 16.5. The zero-order valence-electron chi connectivity index (χ0n) is 14.8. The minimum Gasteiger partial charge on any atom is -0.388 e. The molecule has 2 aromatic heterocycles. The molecule has 26 heavy (non-hydrogen) atoms. The molecule has 4 rings (SSSR count). The summed E-state index contributed by atoms with van der Waals surface area (Å²) in [5.74, 6) is 1.73. The van der Waals surface area contributed by atoms with Crippen molar-refractivity contribution in [3.05, 3.63) is 41.8 Å². The first-order valence-corrected chi connectivity index (χ1v) is 9.33. The number of likely N-dealkylation sites (tertiary alicyclic amines) is 1. The standard InChI is InChI=1S/C19H24N4O3/c24-17(5-2-14-6-9-20-10-7-14)23-11-1-8-19(25,13-23)12-16-21-18(22-26-16)15-3-4-15/h6-7,9-10,15,25H,1-5,8,11-13H2. The second-order valence-corrected chi connectivity index (χ2v) is 7.50. The van der Waals surface area contributed by atoms with Gasteiger partial charge in [-0.1, -0.05) is 5.16 Å². The van der Waals surface area contributed by atoms with E-state index in [9.17, 15) is 9.90 Å². The Morgan fingerprint density at radius 1 is 1.35 bits per heavy atom. The van der Waals surface area contributed by atoms with Gasteiger partial charge in [0.05, 0.1) is 12.0 Å². The van der Waals surface area contributed by atoms with Crippen LogP contribution in [0.15, 0.2) is 29.0 Å². The second-order valence-electron chi connectivity index (χ2n) is 7.50. The Bertz CT molecular complexity index is 759. The highest BCUT2D eigenvalue weighted by Gasteiger charge is 2.37. The van der Waals surface area contributed by atoms with E-state index in [4.69, 9.17) is 4.52 Å². The van der Waals surface area contributed by atoms with E-state index in [2.05, 4.69) is 15.1 Å². The molecule has 1 N–H and O–H groups in total. The van der Waals surface area contributed by atoms with Gasteiger partial charge in [0.25, 0.3) is 0 Å². The lowest BCUT2D eigenvalue weighted by Gasteiger charge is -2.38. The Labute approximate surface area is 152 Å². The first-order chi connectivity index (χ1) is 12.6. The van der Waals surface area contributed by atoms with E-state index in [0.717, 1.165) is 30.7 Å². The number of rotatable bonds is 6. The number of pyridine rings is 1. The van der Waals surface area contributed by atoms with E-state index in [0.29, 0.717) is 50.6 Å². The molecule has 1 aliphatic heterocycles. The highest BCUT2D eigenvalue weighted by molar-refractivity contribution is 5.76. The highest BCUT2D eigenvalue weighted by Crippen LogP contribution is 2.38. The van der Waals surface area contributed by atoms with Crippen LogP contribution in [-0.4, -0.2) is 49.7 Å². The number of amides is 1. The predicted molar refractivity (Wildman–Crippen MR) is 93.3 cm³/mol. The van der Waals surface area contributed by atoms with Gasteiger partial charge in [-0.05, 0) is 49.8 Å². The summed E-state index contributed by atoms with van der Waals surface area (Å²) in [6, 6.07) is 3.85. The van der Waals surface area contributed by atoms with Crippen LogP contribution in [0.2, 0.25) is 0 Å². The lowest BCUT2D eigenvalue weighted by atomic mass is 9.89. The number of carbonyl (C=O) groups is 1. The SMILES string of the molecule is O=C(CCc1ccncc1)N1CCCC(O)(Cc2nc(C3CC3)no2)C1. The number of β-amino-alcohol motifs (C(OH)–C–C–N with tert-alkyl or cyclic N) is 1. The smallest absolute Gasteiger partial charge is 0.229 e. The molecule has 0 radical (unpaired) electrons. The molecule has 138 valence electrons. The zero-order valence-corrected chi connectivity index (χ0v) is 14.8. The van der Waals surface area contributed by atoms with Crippen molar-refractivity contribution in [1.82, 2.24) is 20.0 Å².